The number of nitrogens with zero attached hydrogens (tertiary/aromatic N) is 4. The van der Waals surface area contributed by atoms with Gasteiger partial charge < -0.3 is 15.5 Å². The SMILES string of the molecule is CCCNC(=O)C(=O)NCC1CCN(c2nccnc2C#N)CC1. The zero-order valence-electron chi connectivity index (χ0n) is 13.8. The highest BCUT2D eigenvalue weighted by Gasteiger charge is 2.23. The zero-order valence-corrected chi connectivity index (χ0v) is 13.8. The van der Waals surface area contributed by atoms with Crippen molar-refractivity contribution in [2.75, 3.05) is 31.1 Å². The Bertz CT molecular complexity index is 619. The van der Waals surface area contributed by atoms with E-state index in [0.29, 0.717) is 30.5 Å². The first-order valence-electron chi connectivity index (χ1n) is 8.17. The summed E-state index contributed by atoms with van der Waals surface area (Å²) in [6.45, 7) is 4.41. The fraction of sp³-hybridized carbons (Fsp3) is 0.562. The molecule has 0 aliphatic carbocycles. The van der Waals surface area contributed by atoms with Crippen molar-refractivity contribution in [3.63, 3.8) is 0 Å². The number of piperidine rings is 1. The number of nitriles is 1. The van der Waals surface area contributed by atoms with Gasteiger partial charge in [0.15, 0.2) is 11.5 Å². The molecule has 2 N–H and O–H groups in total. The second-order valence-corrected chi connectivity index (χ2v) is 5.74. The van der Waals surface area contributed by atoms with Gasteiger partial charge in [0, 0.05) is 38.6 Å². The van der Waals surface area contributed by atoms with Crippen LogP contribution in [0.3, 0.4) is 0 Å². The van der Waals surface area contributed by atoms with Crippen LogP contribution in [0.15, 0.2) is 12.4 Å². The second kappa shape index (κ2) is 8.82. The van der Waals surface area contributed by atoms with Crippen LogP contribution in [0.4, 0.5) is 5.82 Å². The highest BCUT2D eigenvalue weighted by atomic mass is 16.2. The third-order valence-corrected chi connectivity index (χ3v) is 3.99. The molecule has 1 aliphatic rings. The molecule has 0 bridgehead atoms. The number of anilines is 1. The van der Waals surface area contributed by atoms with Crippen LogP contribution in [-0.4, -0.2) is 48.0 Å². The fourth-order valence-corrected chi connectivity index (χ4v) is 2.63. The summed E-state index contributed by atoms with van der Waals surface area (Å²) in [5.41, 5.74) is 0.330. The molecular weight excluding hydrogens is 308 g/mol. The lowest BCUT2D eigenvalue weighted by Gasteiger charge is -2.32. The van der Waals surface area contributed by atoms with Crippen molar-refractivity contribution in [1.82, 2.24) is 20.6 Å². The largest absolute Gasteiger partial charge is 0.354 e. The van der Waals surface area contributed by atoms with E-state index in [0.717, 1.165) is 32.4 Å². The maximum Gasteiger partial charge on any atom is 0.309 e. The monoisotopic (exact) mass is 330 g/mol. The lowest BCUT2D eigenvalue weighted by atomic mass is 9.96. The molecule has 8 heteroatoms. The maximum atomic E-state index is 11.7. The minimum Gasteiger partial charge on any atom is -0.354 e. The third kappa shape index (κ3) is 4.65. The van der Waals surface area contributed by atoms with E-state index < -0.39 is 11.8 Å². The van der Waals surface area contributed by atoms with Crippen molar-refractivity contribution in [2.45, 2.75) is 26.2 Å². The van der Waals surface area contributed by atoms with Crippen LogP contribution >= 0.6 is 0 Å². The predicted octanol–water partition coefficient (Wildman–Crippen LogP) is 0.207. The molecule has 0 unspecified atom stereocenters. The topological polar surface area (TPSA) is 111 Å². The average Bonchev–Trinajstić information content (AvgIpc) is 2.64. The van der Waals surface area contributed by atoms with Gasteiger partial charge in [0.1, 0.15) is 6.07 Å². The first kappa shape index (κ1) is 17.7. The minimum absolute atomic E-state index is 0.311. The molecule has 1 fully saturated rings. The van der Waals surface area contributed by atoms with Crippen molar-refractivity contribution in [2.24, 2.45) is 5.92 Å². The van der Waals surface area contributed by atoms with Crippen LogP contribution < -0.4 is 15.5 Å². The molecule has 2 amide bonds. The van der Waals surface area contributed by atoms with E-state index in [9.17, 15) is 9.59 Å². The van der Waals surface area contributed by atoms with Crippen molar-refractivity contribution in [3.8, 4) is 6.07 Å². The fourth-order valence-electron chi connectivity index (χ4n) is 2.63. The van der Waals surface area contributed by atoms with Crippen LogP contribution in [0.5, 0.6) is 0 Å². The Balaban J connectivity index is 1.78. The summed E-state index contributed by atoms with van der Waals surface area (Å²) in [7, 11) is 0. The maximum absolute atomic E-state index is 11.7. The van der Waals surface area contributed by atoms with Crippen molar-refractivity contribution < 1.29 is 9.59 Å². The molecule has 1 aliphatic heterocycles. The van der Waals surface area contributed by atoms with Crippen LogP contribution in [0.2, 0.25) is 0 Å². The van der Waals surface area contributed by atoms with Crippen molar-refractivity contribution >= 4 is 17.6 Å². The average molecular weight is 330 g/mol. The zero-order chi connectivity index (χ0) is 17.4. The Labute approximate surface area is 141 Å². The summed E-state index contributed by atoms with van der Waals surface area (Å²) in [6.07, 6.45) is 5.60. The van der Waals surface area contributed by atoms with E-state index in [1.165, 1.54) is 6.20 Å². The number of carbonyl (C=O) groups excluding carboxylic acids is 2. The molecule has 0 radical (unpaired) electrons. The van der Waals surface area contributed by atoms with Gasteiger partial charge in [-0.2, -0.15) is 5.26 Å². The molecule has 0 aromatic carbocycles. The summed E-state index contributed by atoms with van der Waals surface area (Å²) in [5.74, 6) is -0.230. The smallest absolute Gasteiger partial charge is 0.309 e. The van der Waals surface area contributed by atoms with Gasteiger partial charge in [0.05, 0.1) is 0 Å². The quantitative estimate of drug-likeness (QED) is 0.747. The molecule has 2 rings (SSSR count). The van der Waals surface area contributed by atoms with Gasteiger partial charge in [0.25, 0.3) is 0 Å². The van der Waals surface area contributed by atoms with E-state index in [-0.39, 0.29) is 0 Å². The lowest BCUT2D eigenvalue weighted by Crippen LogP contribution is -2.44. The van der Waals surface area contributed by atoms with Crippen molar-refractivity contribution in [1.29, 1.82) is 5.26 Å². The Morgan fingerprint density at radius 1 is 1.25 bits per heavy atom. The van der Waals surface area contributed by atoms with Gasteiger partial charge in [-0.15, -0.1) is 0 Å². The molecule has 0 atom stereocenters. The van der Waals surface area contributed by atoms with Crippen molar-refractivity contribution in [3.05, 3.63) is 18.1 Å². The number of carbonyl (C=O) groups is 2. The Morgan fingerprint density at radius 2 is 1.92 bits per heavy atom. The molecule has 1 saturated heterocycles. The number of hydrogen-bond donors (Lipinski definition) is 2. The van der Waals surface area contributed by atoms with Crippen LogP contribution in [-0.2, 0) is 9.59 Å². The normalized spacial score (nSPS) is 14.8. The molecular formula is C16H22N6O2. The second-order valence-electron chi connectivity index (χ2n) is 5.74. The summed E-state index contributed by atoms with van der Waals surface area (Å²) in [4.78, 5) is 33.5. The highest BCUT2D eigenvalue weighted by molar-refractivity contribution is 6.35. The molecule has 1 aromatic heterocycles. The number of hydrogen-bond acceptors (Lipinski definition) is 6. The number of amides is 2. The lowest BCUT2D eigenvalue weighted by molar-refractivity contribution is -0.139. The number of rotatable bonds is 5. The standard InChI is InChI=1S/C16H22N6O2/c1-2-5-20-15(23)16(24)21-11-12-3-8-22(9-4-12)14-13(10-17)18-6-7-19-14/h6-7,12H,2-5,8-9,11H2,1H3,(H,20,23)(H,21,24). The summed E-state index contributed by atoms with van der Waals surface area (Å²) in [5, 5.41) is 14.3. The van der Waals surface area contributed by atoms with Gasteiger partial charge in [-0.1, -0.05) is 6.92 Å². The molecule has 1 aromatic rings. The summed E-state index contributed by atoms with van der Waals surface area (Å²) < 4.78 is 0. The molecule has 0 spiro atoms. The minimum atomic E-state index is -0.577. The van der Waals surface area contributed by atoms with E-state index in [1.54, 1.807) is 6.20 Å². The third-order valence-electron chi connectivity index (χ3n) is 3.99. The van der Waals surface area contributed by atoms with Crippen LogP contribution in [0, 0.1) is 17.2 Å². The summed E-state index contributed by atoms with van der Waals surface area (Å²) >= 11 is 0. The first-order valence-corrected chi connectivity index (χ1v) is 8.17. The summed E-state index contributed by atoms with van der Waals surface area (Å²) in [6, 6.07) is 2.06. The van der Waals surface area contributed by atoms with E-state index in [4.69, 9.17) is 5.26 Å². The number of nitrogens with one attached hydrogen (secondary N) is 2. The van der Waals surface area contributed by atoms with Crippen LogP contribution in [0.25, 0.3) is 0 Å². The molecule has 128 valence electrons. The van der Waals surface area contributed by atoms with Crippen LogP contribution in [0.1, 0.15) is 31.9 Å². The van der Waals surface area contributed by atoms with Gasteiger partial charge in [-0.05, 0) is 25.2 Å². The molecule has 0 saturated carbocycles. The Kier molecular flexibility index (Phi) is 6.49. The van der Waals surface area contributed by atoms with E-state index >= 15 is 0 Å². The molecule has 24 heavy (non-hydrogen) atoms. The van der Waals surface area contributed by atoms with Gasteiger partial charge >= 0.3 is 11.8 Å². The molecule has 2 heterocycles. The van der Waals surface area contributed by atoms with Gasteiger partial charge in [-0.25, -0.2) is 9.97 Å². The molecule has 8 nitrogen and oxygen atoms in total. The van der Waals surface area contributed by atoms with E-state index in [2.05, 4.69) is 26.7 Å². The first-order chi connectivity index (χ1) is 11.7. The Hall–Kier alpha value is -2.69. The highest BCUT2D eigenvalue weighted by Crippen LogP contribution is 2.22. The van der Waals surface area contributed by atoms with Gasteiger partial charge in [0.2, 0.25) is 0 Å². The van der Waals surface area contributed by atoms with E-state index in [1.807, 2.05) is 11.8 Å². The Morgan fingerprint density at radius 3 is 2.58 bits per heavy atom. The van der Waals surface area contributed by atoms with Gasteiger partial charge in [-0.3, -0.25) is 9.59 Å². The number of aromatic nitrogens is 2. The predicted molar refractivity (Wildman–Crippen MR) is 88.0 cm³/mol.